The molecular weight excluding hydrogens is 160 g/mol. The third-order valence-corrected chi connectivity index (χ3v) is 1.34. The summed E-state index contributed by atoms with van der Waals surface area (Å²) in [7, 11) is 0. The molecule has 0 aromatic heterocycles. The van der Waals surface area contributed by atoms with Gasteiger partial charge in [0.1, 0.15) is 0 Å². The molecule has 0 spiro atoms. The van der Waals surface area contributed by atoms with Gasteiger partial charge in [-0.15, -0.1) is 0 Å². The van der Waals surface area contributed by atoms with Gasteiger partial charge in [0.15, 0.2) is 6.29 Å². The van der Waals surface area contributed by atoms with E-state index in [1.54, 1.807) is 0 Å². The van der Waals surface area contributed by atoms with Gasteiger partial charge in [-0.2, -0.15) is 0 Å². The van der Waals surface area contributed by atoms with E-state index < -0.39 is 6.29 Å². The Bertz CT molecular complexity index is 87.1. The number of aliphatic hydroxyl groups is 2. The van der Waals surface area contributed by atoms with Crippen molar-refractivity contribution in [2.45, 2.75) is 26.1 Å². The Morgan fingerprint density at radius 2 is 2.00 bits per heavy atom. The van der Waals surface area contributed by atoms with Gasteiger partial charge < -0.3 is 19.7 Å². The third-order valence-electron chi connectivity index (χ3n) is 1.34. The Balaban J connectivity index is 2.90. The second-order valence-electron chi connectivity index (χ2n) is 2.47. The van der Waals surface area contributed by atoms with Gasteiger partial charge in [0.25, 0.3) is 0 Å². The average Bonchev–Trinajstić information content (AvgIpc) is 2.10. The summed E-state index contributed by atoms with van der Waals surface area (Å²) in [5.41, 5.74) is 0. The van der Waals surface area contributed by atoms with Crippen molar-refractivity contribution in [1.29, 1.82) is 0 Å². The Kier molecular flexibility index (Phi) is 8.81. The fourth-order valence-electron chi connectivity index (χ4n) is 0.644. The van der Waals surface area contributed by atoms with E-state index in [0.717, 1.165) is 19.4 Å². The van der Waals surface area contributed by atoms with E-state index >= 15 is 0 Å². The maximum Gasteiger partial charge on any atom is 0.177 e. The first-order valence-corrected chi connectivity index (χ1v) is 4.29. The molecule has 0 heterocycles. The maximum absolute atomic E-state index is 8.73. The number of unbranched alkanes of at least 4 members (excludes halogenated alkanes) is 1. The maximum atomic E-state index is 8.73. The average molecular weight is 178 g/mol. The summed E-state index contributed by atoms with van der Waals surface area (Å²) in [5, 5.41) is 17.1. The molecule has 0 saturated heterocycles. The number of rotatable bonds is 8. The van der Waals surface area contributed by atoms with E-state index in [4.69, 9.17) is 19.7 Å². The normalized spacial score (nSPS) is 13.2. The molecule has 1 atom stereocenters. The first kappa shape index (κ1) is 11.8. The fraction of sp³-hybridized carbons (Fsp3) is 1.00. The second kappa shape index (κ2) is 8.93. The predicted molar refractivity (Wildman–Crippen MR) is 44.8 cm³/mol. The minimum absolute atomic E-state index is 0.325. The lowest BCUT2D eigenvalue weighted by Crippen LogP contribution is -2.19. The van der Waals surface area contributed by atoms with Gasteiger partial charge in [-0.3, -0.25) is 0 Å². The largest absolute Gasteiger partial charge is 0.391 e. The first-order chi connectivity index (χ1) is 5.81. The van der Waals surface area contributed by atoms with Gasteiger partial charge in [-0.05, 0) is 6.42 Å². The summed E-state index contributed by atoms with van der Waals surface area (Å²) >= 11 is 0. The van der Waals surface area contributed by atoms with Crippen LogP contribution in [0.2, 0.25) is 0 Å². The van der Waals surface area contributed by atoms with Gasteiger partial charge in [0, 0.05) is 6.61 Å². The standard InChI is InChI=1S/C8H18O4/c1-2-3-4-11-5-6-12-8(10)7-9/h8-10H,2-7H2,1H3. The van der Waals surface area contributed by atoms with Gasteiger partial charge in [0.05, 0.1) is 19.8 Å². The quantitative estimate of drug-likeness (QED) is 0.410. The number of hydrogen-bond donors (Lipinski definition) is 2. The molecule has 74 valence electrons. The number of aliphatic hydroxyl groups excluding tert-OH is 2. The molecule has 1 unspecified atom stereocenters. The summed E-state index contributed by atoms with van der Waals surface area (Å²) in [4.78, 5) is 0. The molecule has 0 fully saturated rings. The third kappa shape index (κ3) is 7.94. The van der Waals surface area contributed by atoms with E-state index in [9.17, 15) is 0 Å². The predicted octanol–water partition coefficient (Wildman–Crippen LogP) is 0.130. The Morgan fingerprint density at radius 1 is 1.25 bits per heavy atom. The van der Waals surface area contributed by atoms with Gasteiger partial charge in [-0.1, -0.05) is 13.3 Å². The SMILES string of the molecule is CCCCOCCOC(O)CO. The second-order valence-corrected chi connectivity index (χ2v) is 2.47. The summed E-state index contributed by atoms with van der Waals surface area (Å²) in [5.74, 6) is 0. The van der Waals surface area contributed by atoms with E-state index in [2.05, 4.69) is 6.92 Å². The molecule has 0 aliphatic rings. The molecule has 4 nitrogen and oxygen atoms in total. The summed E-state index contributed by atoms with van der Waals surface area (Å²) in [6.45, 7) is 3.25. The van der Waals surface area contributed by atoms with E-state index in [1.165, 1.54) is 0 Å². The molecule has 0 aromatic carbocycles. The zero-order chi connectivity index (χ0) is 9.23. The Labute approximate surface area is 73.1 Å². The molecule has 0 bridgehead atoms. The molecule has 0 rings (SSSR count). The lowest BCUT2D eigenvalue weighted by atomic mass is 10.4. The van der Waals surface area contributed by atoms with Crippen molar-refractivity contribution >= 4 is 0 Å². The van der Waals surface area contributed by atoms with E-state index in [1.807, 2.05) is 0 Å². The van der Waals surface area contributed by atoms with Gasteiger partial charge in [-0.25, -0.2) is 0 Å². The van der Waals surface area contributed by atoms with Gasteiger partial charge in [0.2, 0.25) is 0 Å². The van der Waals surface area contributed by atoms with Crippen LogP contribution in [0.25, 0.3) is 0 Å². The van der Waals surface area contributed by atoms with Crippen molar-refractivity contribution in [1.82, 2.24) is 0 Å². The molecular formula is C8H18O4. The molecule has 12 heavy (non-hydrogen) atoms. The zero-order valence-corrected chi connectivity index (χ0v) is 7.53. The van der Waals surface area contributed by atoms with Crippen LogP contribution < -0.4 is 0 Å². The highest BCUT2D eigenvalue weighted by molar-refractivity contribution is 4.36. The minimum Gasteiger partial charge on any atom is -0.391 e. The van der Waals surface area contributed by atoms with Crippen LogP contribution in [0, 0.1) is 0 Å². The fourth-order valence-corrected chi connectivity index (χ4v) is 0.644. The van der Waals surface area contributed by atoms with Crippen LogP contribution in [0.1, 0.15) is 19.8 Å². The van der Waals surface area contributed by atoms with Crippen LogP contribution in [-0.4, -0.2) is 42.9 Å². The van der Waals surface area contributed by atoms with E-state index in [-0.39, 0.29) is 6.61 Å². The highest BCUT2D eigenvalue weighted by Crippen LogP contribution is 1.89. The summed E-state index contributed by atoms with van der Waals surface area (Å²) in [6, 6.07) is 0. The molecule has 0 aromatic rings. The number of ether oxygens (including phenoxy) is 2. The molecule has 0 aliphatic carbocycles. The first-order valence-electron chi connectivity index (χ1n) is 4.29. The van der Waals surface area contributed by atoms with E-state index in [0.29, 0.717) is 13.2 Å². The molecule has 0 radical (unpaired) electrons. The van der Waals surface area contributed by atoms with Crippen LogP contribution in [0.5, 0.6) is 0 Å². The summed E-state index contributed by atoms with van der Waals surface area (Å²) < 4.78 is 9.90. The van der Waals surface area contributed by atoms with Crippen LogP contribution in [0.3, 0.4) is 0 Å². The van der Waals surface area contributed by atoms with Crippen LogP contribution in [-0.2, 0) is 9.47 Å². The minimum atomic E-state index is -1.07. The monoisotopic (exact) mass is 178 g/mol. The molecule has 0 aliphatic heterocycles. The number of hydrogen-bond acceptors (Lipinski definition) is 4. The van der Waals surface area contributed by atoms with Crippen LogP contribution in [0.4, 0.5) is 0 Å². The smallest absolute Gasteiger partial charge is 0.177 e. The van der Waals surface area contributed by atoms with Crippen LogP contribution in [0.15, 0.2) is 0 Å². The zero-order valence-electron chi connectivity index (χ0n) is 7.53. The van der Waals surface area contributed by atoms with Crippen molar-refractivity contribution in [3.05, 3.63) is 0 Å². The Morgan fingerprint density at radius 3 is 2.58 bits per heavy atom. The van der Waals surface area contributed by atoms with Crippen molar-refractivity contribution in [2.75, 3.05) is 26.4 Å². The topological polar surface area (TPSA) is 58.9 Å². The van der Waals surface area contributed by atoms with Gasteiger partial charge >= 0.3 is 0 Å². The Hall–Kier alpha value is -0.160. The van der Waals surface area contributed by atoms with Crippen LogP contribution >= 0.6 is 0 Å². The van der Waals surface area contributed by atoms with Crippen molar-refractivity contribution in [3.63, 3.8) is 0 Å². The molecule has 0 saturated carbocycles. The summed E-state index contributed by atoms with van der Waals surface area (Å²) in [6.07, 6.45) is 1.09. The highest BCUT2D eigenvalue weighted by atomic mass is 16.6. The van der Waals surface area contributed by atoms with Crippen molar-refractivity contribution < 1.29 is 19.7 Å². The van der Waals surface area contributed by atoms with Crippen molar-refractivity contribution in [2.24, 2.45) is 0 Å². The lowest BCUT2D eigenvalue weighted by molar-refractivity contribution is -0.134. The van der Waals surface area contributed by atoms with Crippen molar-refractivity contribution in [3.8, 4) is 0 Å². The molecule has 2 N–H and O–H groups in total. The lowest BCUT2D eigenvalue weighted by Gasteiger charge is -2.08. The molecule has 4 heteroatoms. The highest BCUT2D eigenvalue weighted by Gasteiger charge is 1.99. The molecule has 0 amide bonds.